The minimum atomic E-state index is -4.79. The van der Waals surface area contributed by atoms with E-state index < -0.39 is 40.0 Å². The topological polar surface area (TPSA) is 75.7 Å². The average molecular weight is 489 g/mol. The molecule has 0 unspecified atom stereocenters. The first kappa shape index (κ1) is 25.0. The summed E-state index contributed by atoms with van der Waals surface area (Å²) in [4.78, 5) is 12.5. The van der Waals surface area contributed by atoms with E-state index in [1.165, 1.54) is 23.5 Å². The number of ether oxygens (including phenoxy) is 1. The van der Waals surface area contributed by atoms with Gasteiger partial charge in [0.15, 0.2) is 0 Å². The Hall–Kier alpha value is -2.66. The summed E-state index contributed by atoms with van der Waals surface area (Å²) >= 11 is 0. The summed E-state index contributed by atoms with van der Waals surface area (Å²) < 4.78 is 85.8. The van der Waals surface area contributed by atoms with E-state index in [1.807, 2.05) is 0 Å². The van der Waals surface area contributed by atoms with Crippen molar-refractivity contribution in [1.29, 1.82) is 0 Å². The number of carbonyl (C=O) groups is 1. The first-order chi connectivity index (χ1) is 15.5. The molecule has 0 aliphatic carbocycles. The van der Waals surface area contributed by atoms with E-state index in [1.54, 1.807) is 0 Å². The first-order valence-corrected chi connectivity index (χ1v) is 11.8. The minimum Gasteiger partial charge on any atom is -0.495 e. The van der Waals surface area contributed by atoms with E-state index in [-0.39, 0.29) is 21.8 Å². The van der Waals surface area contributed by atoms with Gasteiger partial charge in [0.2, 0.25) is 10.0 Å². The second-order valence-electron chi connectivity index (χ2n) is 7.67. The Bertz CT molecular complexity index is 1110. The molecule has 0 aromatic heterocycles. The fourth-order valence-electron chi connectivity index (χ4n) is 3.68. The molecule has 2 aromatic carbocycles. The van der Waals surface area contributed by atoms with Crippen molar-refractivity contribution in [2.24, 2.45) is 0 Å². The second-order valence-corrected chi connectivity index (χ2v) is 9.57. The first-order valence-electron chi connectivity index (χ1n) is 10.4. The standard InChI is InChI=1S/C22H24F4N2O4S/c1-32-19-9-7-15(12-20(19)33(30,31)28-10-4-2-3-5-11-28)21(29)27-14-16-6-8-17(23)13-18(16)22(24,25)26/h6-9,12-13H,2-5,10-11,14H2,1H3,(H,27,29). The van der Waals surface area contributed by atoms with Gasteiger partial charge in [-0.15, -0.1) is 0 Å². The molecule has 180 valence electrons. The van der Waals surface area contributed by atoms with Crippen LogP contribution in [0, 0.1) is 5.82 Å². The van der Waals surface area contributed by atoms with Crippen molar-refractivity contribution in [3.8, 4) is 5.75 Å². The maximum Gasteiger partial charge on any atom is 0.416 e. The van der Waals surface area contributed by atoms with Crippen molar-refractivity contribution < 1.29 is 35.5 Å². The maximum absolute atomic E-state index is 13.3. The Morgan fingerprint density at radius 2 is 1.73 bits per heavy atom. The van der Waals surface area contributed by atoms with Gasteiger partial charge in [0.1, 0.15) is 16.5 Å². The van der Waals surface area contributed by atoms with Gasteiger partial charge in [0, 0.05) is 25.2 Å². The molecule has 1 aliphatic rings. The second kappa shape index (κ2) is 10.1. The van der Waals surface area contributed by atoms with Gasteiger partial charge in [-0.2, -0.15) is 17.5 Å². The van der Waals surface area contributed by atoms with Crippen molar-refractivity contribution in [3.63, 3.8) is 0 Å². The highest BCUT2D eigenvalue weighted by Crippen LogP contribution is 2.33. The van der Waals surface area contributed by atoms with Crippen molar-refractivity contribution in [3.05, 3.63) is 58.9 Å². The number of sulfonamides is 1. The molecule has 0 spiro atoms. The predicted molar refractivity (Wildman–Crippen MR) is 113 cm³/mol. The van der Waals surface area contributed by atoms with E-state index >= 15 is 0 Å². The Labute approximate surface area is 189 Å². The summed E-state index contributed by atoms with van der Waals surface area (Å²) in [5, 5.41) is 2.34. The summed E-state index contributed by atoms with van der Waals surface area (Å²) in [6.07, 6.45) is -1.50. The lowest BCUT2D eigenvalue weighted by Gasteiger charge is -2.21. The number of benzene rings is 2. The normalized spacial score (nSPS) is 15.7. The van der Waals surface area contributed by atoms with E-state index in [4.69, 9.17) is 4.74 Å². The van der Waals surface area contributed by atoms with Crippen molar-refractivity contribution in [1.82, 2.24) is 9.62 Å². The third-order valence-corrected chi connectivity index (χ3v) is 7.35. The van der Waals surface area contributed by atoms with E-state index in [0.29, 0.717) is 19.2 Å². The fraction of sp³-hybridized carbons (Fsp3) is 0.409. The van der Waals surface area contributed by atoms with Gasteiger partial charge in [-0.05, 0) is 48.7 Å². The van der Waals surface area contributed by atoms with E-state index in [9.17, 15) is 30.8 Å². The molecule has 33 heavy (non-hydrogen) atoms. The molecule has 3 rings (SSSR count). The van der Waals surface area contributed by atoms with Gasteiger partial charge in [-0.1, -0.05) is 18.9 Å². The molecule has 6 nitrogen and oxygen atoms in total. The summed E-state index contributed by atoms with van der Waals surface area (Å²) in [6, 6.07) is 5.99. The molecule has 1 saturated heterocycles. The van der Waals surface area contributed by atoms with Crippen LogP contribution in [-0.2, 0) is 22.7 Å². The average Bonchev–Trinajstić information content (AvgIpc) is 3.07. The Morgan fingerprint density at radius 1 is 1.06 bits per heavy atom. The third-order valence-electron chi connectivity index (χ3n) is 5.43. The van der Waals surface area contributed by atoms with Crippen LogP contribution in [0.2, 0.25) is 0 Å². The smallest absolute Gasteiger partial charge is 0.416 e. The zero-order valence-electron chi connectivity index (χ0n) is 17.9. The number of nitrogens with zero attached hydrogens (tertiary/aromatic N) is 1. The molecule has 0 radical (unpaired) electrons. The SMILES string of the molecule is COc1ccc(C(=O)NCc2ccc(F)cc2C(F)(F)F)cc1S(=O)(=O)N1CCCCCC1. The molecule has 2 aromatic rings. The molecule has 0 saturated carbocycles. The Balaban J connectivity index is 1.85. The molecule has 1 amide bonds. The number of methoxy groups -OCH3 is 1. The van der Waals surface area contributed by atoms with Gasteiger partial charge >= 0.3 is 6.18 Å². The molecule has 0 bridgehead atoms. The van der Waals surface area contributed by atoms with E-state index in [2.05, 4.69) is 5.32 Å². The molecule has 1 aliphatic heterocycles. The number of hydrogen-bond acceptors (Lipinski definition) is 4. The number of halogens is 4. The molecule has 11 heteroatoms. The number of nitrogens with one attached hydrogen (secondary N) is 1. The zero-order valence-corrected chi connectivity index (χ0v) is 18.7. The van der Waals surface area contributed by atoms with Crippen LogP contribution in [0.4, 0.5) is 17.6 Å². The van der Waals surface area contributed by atoms with Crippen LogP contribution in [0.5, 0.6) is 5.75 Å². The molecular formula is C22H24F4N2O4S. The molecule has 1 heterocycles. The molecule has 1 fully saturated rings. The van der Waals surface area contributed by atoms with Crippen LogP contribution in [0.3, 0.4) is 0 Å². The van der Waals surface area contributed by atoms with Crippen LogP contribution in [-0.4, -0.2) is 38.8 Å². The predicted octanol–water partition coefficient (Wildman–Crippen LogP) is 4.35. The summed E-state index contributed by atoms with van der Waals surface area (Å²) in [5.74, 6) is -1.76. The van der Waals surface area contributed by atoms with Gasteiger partial charge in [-0.3, -0.25) is 4.79 Å². The minimum absolute atomic E-state index is 0.0557. The lowest BCUT2D eigenvalue weighted by molar-refractivity contribution is -0.138. The number of alkyl halides is 3. The van der Waals surface area contributed by atoms with Crippen LogP contribution < -0.4 is 10.1 Å². The van der Waals surface area contributed by atoms with Gasteiger partial charge in [-0.25, -0.2) is 12.8 Å². The highest BCUT2D eigenvalue weighted by molar-refractivity contribution is 7.89. The van der Waals surface area contributed by atoms with Crippen LogP contribution >= 0.6 is 0 Å². The highest BCUT2D eigenvalue weighted by atomic mass is 32.2. The lowest BCUT2D eigenvalue weighted by atomic mass is 10.1. The third kappa shape index (κ3) is 5.83. The number of hydrogen-bond donors (Lipinski definition) is 1. The maximum atomic E-state index is 13.3. The highest BCUT2D eigenvalue weighted by Gasteiger charge is 2.34. The lowest BCUT2D eigenvalue weighted by Crippen LogP contribution is -2.32. The van der Waals surface area contributed by atoms with E-state index in [0.717, 1.165) is 43.9 Å². The molecule has 1 N–H and O–H groups in total. The summed E-state index contributed by atoms with van der Waals surface area (Å²) in [7, 11) is -2.63. The summed E-state index contributed by atoms with van der Waals surface area (Å²) in [5.41, 5.74) is -1.56. The number of amides is 1. The number of rotatable bonds is 6. The number of carbonyl (C=O) groups excluding carboxylic acids is 1. The van der Waals surface area contributed by atoms with Crippen molar-refractivity contribution in [2.45, 2.75) is 43.3 Å². The molecular weight excluding hydrogens is 464 g/mol. The largest absolute Gasteiger partial charge is 0.495 e. The van der Waals surface area contributed by atoms with Gasteiger partial charge in [0.25, 0.3) is 5.91 Å². The van der Waals surface area contributed by atoms with Gasteiger partial charge < -0.3 is 10.1 Å². The molecule has 0 atom stereocenters. The fourth-order valence-corrected chi connectivity index (χ4v) is 5.38. The Morgan fingerprint density at radius 3 is 2.33 bits per heavy atom. The van der Waals surface area contributed by atoms with Gasteiger partial charge in [0.05, 0.1) is 12.7 Å². The quantitative estimate of drug-likeness (QED) is 0.614. The summed E-state index contributed by atoms with van der Waals surface area (Å²) in [6.45, 7) is 0.188. The van der Waals surface area contributed by atoms with Crippen molar-refractivity contribution >= 4 is 15.9 Å². The van der Waals surface area contributed by atoms with Crippen LogP contribution in [0.15, 0.2) is 41.3 Å². The van der Waals surface area contributed by atoms with Crippen LogP contribution in [0.1, 0.15) is 47.2 Å². The monoisotopic (exact) mass is 488 g/mol. The zero-order chi connectivity index (χ0) is 24.2. The van der Waals surface area contributed by atoms with Crippen LogP contribution in [0.25, 0.3) is 0 Å². The Kier molecular flexibility index (Phi) is 7.63. The van der Waals surface area contributed by atoms with Crippen molar-refractivity contribution in [2.75, 3.05) is 20.2 Å².